The van der Waals surface area contributed by atoms with E-state index in [9.17, 15) is 0 Å². The summed E-state index contributed by atoms with van der Waals surface area (Å²) in [4.78, 5) is 1.39. The highest BCUT2D eigenvalue weighted by Gasteiger charge is 2.03. The monoisotopic (exact) mass is 303 g/mol. The van der Waals surface area contributed by atoms with Crippen molar-refractivity contribution in [1.29, 1.82) is 0 Å². The lowest BCUT2D eigenvalue weighted by molar-refractivity contribution is 0.123. The molecule has 114 valence electrons. The van der Waals surface area contributed by atoms with E-state index in [1.807, 2.05) is 0 Å². The third-order valence-corrected chi connectivity index (χ3v) is 4.33. The molecule has 1 aromatic carbocycles. The highest BCUT2D eigenvalue weighted by molar-refractivity contribution is 7.09. The lowest BCUT2D eigenvalue weighted by atomic mass is 10.1. The molecule has 0 saturated carbocycles. The van der Waals surface area contributed by atoms with Gasteiger partial charge in [-0.05, 0) is 35.5 Å². The first-order valence-electron chi connectivity index (χ1n) is 7.66. The van der Waals surface area contributed by atoms with Crippen LogP contribution in [0.1, 0.15) is 29.9 Å². The van der Waals surface area contributed by atoms with Gasteiger partial charge in [0.05, 0.1) is 13.2 Å². The van der Waals surface area contributed by atoms with Crippen molar-refractivity contribution in [2.45, 2.75) is 39.3 Å². The first-order valence-corrected chi connectivity index (χ1v) is 8.54. The largest absolute Gasteiger partial charge is 0.376 e. The highest BCUT2D eigenvalue weighted by atomic mass is 32.1. The van der Waals surface area contributed by atoms with E-state index < -0.39 is 0 Å². The minimum Gasteiger partial charge on any atom is -0.376 e. The van der Waals surface area contributed by atoms with Crippen LogP contribution in [-0.4, -0.2) is 19.2 Å². The fourth-order valence-corrected chi connectivity index (χ4v) is 2.94. The van der Waals surface area contributed by atoms with E-state index in [4.69, 9.17) is 4.74 Å². The molecule has 0 unspecified atom stereocenters. The van der Waals surface area contributed by atoms with E-state index in [2.05, 4.69) is 60.9 Å². The fourth-order valence-electron chi connectivity index (χ4n) is 2.25. The van der Waals surface area contributed by atoms with Crippen LogP contribution in [0.3, 0.4) is 0 Å². The summed E-state index contributed by atoms with van der Waals surface area (Å²) in [6.07, 6.45) is 2.07. The van der Waals surface area contributed by atoms with Crippen molar-refractivity contribution in [3.8, 4) is 0 Å². The fraction of sp³-hybridized carbons (Fsp3) is 0.444. The smallest absolute Gasteiger partial charge is 0.0719 e. The van der Waals surface area contributed by atoms with Crippen molar-refractivity contribution in [2.75, 3.05) is 13.2 Å². The normalized spacial score (nSPS) is 11.2. The molecule has 0 radical (unpaired) electrons. The van der Waals surface area contributed by atoms with Gasteiger partial charge in [-0.1, -0.05) is 44.2 Å². The number of thiophene rings is 1. The summed E-state index contributed by atoms with van der Waals surface area (Å²) in [5.74, 6) is 0. The lowest BCUT2D eigenvalue weighted by Crippen LogP contribution is -2.25. The van der Waals surface area contributed by atoms with E-state index in [1.54, 1.807) is 11.3 Å². The van der Waals surface area contributed by atoms with Gasteiger partial charge in [-0.3, -0.25) is 0 Å². The molecule has 2 aromatic rings. The van der Waals surface area contributed by atoms with Gasteiger partial charge in [-0.2, -0.15) is 0 Å². The maximum atomic E-state index is 5.85. The zero-order chi connectivity index (χ0) is 14.9. The molecule has 0 fully saturated rings. The summed E-state index contributed by atoms with van der Waals surface area (Å²) in [7, 11) is 0. The Morgan fingerprint density at radius 3 is 2.57 bits per heavy atom. The van der Waals surface area contributed by atoms with Crippen LogP contribution in [0.2, 0.25) is 0 Å². The molecular formula is C18H25NOS. The first kappa shape index (κ1) is 16.2. The Labute approximate surface area is 132 Å². The number of benzene rings is 1. The molecule has 0 amide bonds. The Morgan fingerprint density at radius 2 is 1.86 bits per heavy atom. The quantitative estimate of drug-likeness (QED) is 0.706. The number of rotatable bonds is 9. The van der Waals surface area contributed by atoms with Crippen LogP contribution in [-0.2, 0) is 24.2 Å². The molecule has 0 spiro atoms. The molecule has 21 heavy (non-hydrogen) atoms. The second-order valence-corrected chi connectivity index (χ2v) is 6.54. The van der Waals surface area contributed by atoms with Gasteiger partial charge in [0.1, 0.15) is 0 Å². The second kappa shape index (κ2) is 8.98. The minimum absolute atomic E-state index is 0.541. The molecular weight excluding hydrogens is 278 g/mol. The average molecular weight is 303 g/mol. The molecule has 2 rings (SSSR count). The van der Waals surface area contributed by atoms with Crippen LogP contribution in [0.4, 0.5) is 0 Å². The SMILES string of the molecule is CC(C)NCCc1ccccc1COCCc1cccs1. The Morgan fingerprint density at radius 1 is 1.05 bits per heavy atom. The zero-order valence-corrected chi connectivity index (χ0v) is 13.8. The summed E-state index contributed by atoms with van der Waals surface area (Å²) in [6, 6.07) is 13.4. The number of hydrogen-bond acceptors (Lipinski definition) is 3. The molecule has 3 heteroatoms. The first-order chi connectivity index (χ1) is 10.3. The number of nitrogens with one attached hydrogen (secondary N) is 1. The van der Waals surface area contributed by atoms with E-state index in [0.717, 1.165) is 26.0 Å². The predicted molar refractivity (Wildman–Crippen MR) is 91.0 cm³/mol. The summed E-state index contributed by atoms with van der Waals surface area (Å²) in [5, 5.41) is 5.58. The van der Waals surface area contributed by atoms with Crippen LogP contribution < -0.4 is 5.32 Å². The third-order valence-electron chi connectivity index (χ3n) is 3.40. The Bertz CT molecular complexity index is 508. The van der Waals surface area contributed by atoms with E-state index in [-0.39, 0.29) is 0 Å². The topological polar surface area (TPSA) is 21.3 Å². The van der Waals surface area contributed by atoms with Crippen molar-refractivity contribution < 1.29 is 4.74 Å². The molecule has 2 nitrogen and oxygen atoms in total. The van der Waals surface area contributed by atoms with Gasteiger partial charge in [0.25, 0.3) is 0 Å². The Kier molecular flexibility index (Phi) is 6.93. The molecule has 0 aliphatic heterocycles. The molecule has 0 bridgehead atoms. The van der Waals surface area contributed by atoms with E-state index in [0.29, 0.717) is 12.6 Å². The molecule has 1 N–H and O–H groups in total. The summed E-state index contributed by atoms with van der Waals surface area (Å²) in [6.45, 7) is 6.88. The third kappa shape index (κ3) is 6.00. The van der Waals surface area contributed by atoms with Gasteiger partial charge >= 0.3 is 0 Å². The maximum absolute atomic E-state index is 5.85. The van der Waals surface area contributed by atoms with Crippen LogP contribution in [0.25, 0.3) is 0 Å². The molecule has 1 aromatic heterocycles. The standard InChI is InChI=1S/C18H25NOS/c1-15(2)19-11-9-16-6-3-4-7-17(16)14-20-12-10-18-8-5-13-21-18/h3-8,13,15,19H,9-12,14H2,1-2H3. The molecule has 0 atom stereocenters. The van der Waals surface area contributed by atoms with E-state index in [1.165, 1.54) is 16.0 Å². The number of hydrogen-bond donors (Lipinski definition) is 1. The maximum Gasteiger partial charge on any atom is 0.0719 e. The molecule has 0 aliphatic rings. The van der Waals surface area contributed by atoms with Crippen molar-refractivity contribution in [2.24, 2.45) is 0 Å². The minimum atomic E-state index is 0.541. The molecule has 0 aliphatic carbocycles. The van der Waals surface area contributed by atoms with E-state index >= 15 is 0 Å². The summed E-state index contributed by atoms with van der Waals surface area (Å²) >= 11 is 1.80. The lowest BCUT2D eigenvalue weighted by Gasteiger charge is -2.12. The van der Waals surface area contributed by atoms with Crippen LogP contribution in [0.15, 0.2) is 41.8 Å². The summed E-state index contributed by atoms with van der Waals surface area (Å²) < 4.78 is 5.85. The van der Waals surface area contributed by atoms with Crippen LogP contribution in [0, 0.1) is 0 Å². The summed E-state index contributed by atoms with van der Waals surface area (Å²) in [5.41, 5.74) is 2.70. The highest BCUT2D eigenvalue weighted by Crippen LogP contribution is 2.12. The van der Waals surface area contributed by atoms with Gasteiger partial charge in [-0.15, -0.1) is 11.3 Å². The van der Waals surface area contributed by atoms with Gasteiger partial charge < -0.3 is 10.1 Å². The van der Waals surface area contributed by atoms with Crippen LogP contribution in [0.5, 0.6) is 0 Å². The van der Waals surface area contributed by atoms with Gasteiger partial charge in [0.15, 0.2) is 0 Å². The van der Waals surface area contributed by atoms with Crippen molar-refractivity contribution in [1.82, 2.24) is 5.32 Å². The van der Waals surface area contributed by atoms with Gasteiger partial charge in [0.2, 0.25) is 0 Å². The van der Waals surface area contributed by atoms with Gasteiger partial charge in [-0.25, -0.2) is 0 Å². The molecule has 0 saturated heterocycles. The van der Waals surface area contributed by atoms with Crippen molar-refractivity contribution in [3.63, 3.8) is 0 Å². The second-order valence-electron chi connectivity index (χ2n) is 5.51. The van der Waals surface area contributed by atoms with Crippen molar-refractivity contribution in [3.05, 3.63) is 57.8 Å². The van der Waals surface area contributed by atoms with Crippen LogP contribution >= 0.6 is 11.3 Å². The molecule has 1 heterocycles. The number of ether oxygens (including phenoxy) is 1. The Hall–Kier alpha value is -1.16. The average Bonchev–Trinajstić information content (AvgIpc) is 2.98. The van der Waals surface area contributed by atoms with Gasteiger partial charge in [0, 0.05) is 17.3 Å². The zero-order valence-electron chi connectivity index (χ0n) is 13.0. The Balaban J connectivity index is 1.76. The predicted octanol–water partition coefficient (Wildman–Crippen LogP) is 4.05. The van der Waals surface area contributed by atoms with Crippen molar-refractivity contribution >= 4 is 11.3 Å².